The molecule has 2 aromatic rings. The lowest BCUT2D eigenvalue weighted by Crippen LogP contribution is -2.22. The fraction of sp³-hybridized carbons (Fsp3) is 0.0909. The predicted molar refractivity (Wildman–Crippen MR) is 71.8 cm³/mol. The minimum absolute atomic E-state index is 0.413. The quantitative estimate of drug-likeness (QED) is 0.812. The van der Waals surface area contributed by atoms with Crippen LogP contribution in [0.25, 0.3) is 0 Å². The Morgan fingerprint density at radius 1 is 1.50 bits per heavy atom. The lowest BCUT2D eigenvalue weighted by molar-refractivity contribution is 0.689. The lowest BCUT2D eigenvalue weighted by Gasteiger charge is -2.06. The van der Waals surface area contributed by atoms with Crippen LogP contribution in [0.15, 0.2) is 47.0 Å². The zero-order valence-electron chi connectivity index (χ0n) is 9.29. The molecule has 7 heteroatoms. The van der Waals surface area contributed by atoms with Crippen molar-refractivity contribution in [2.75, 3.05) is 0 Å². The number of nitrogens with zero attached hydrogens (tertiary/aromatic N) is 5. The van der Waals surface area contributed by atoms with Crippen molar-refractivity contribution in [3.05, 3.63) is 58.5 Å². The van der Waals surface area contributed by atoms with E-state index in [1.54, 1.807) is 24.7 Å². The van der Waals surface area contributed by atoms with E-state index in [4.69, 9.17) is 11.6 Å². The topological polar surface area (TPSA) is 56.0 Å². The van der Waals surface area contributed by atoms with Crippen LogP contribution in [-0.2, 0) is 6.54 Å². The smallest absolute Gasteiger partial charge is 0.151 e. The molecule has 0 fully saturated rings. The molecule has 92 valence electrons. The van der Waals surface area contributed by atoms with Crippen LogP contribution in [0.3, 0.4) is 0 Å². The predicted octanol–water partition coefficient (Wildman–Crippen LogP) is 2.18. The summed E-state index contributed by atoms with van der Waals surface area (Å²) in [5, 5.41) is 0.413. The van der Waals surface area contributed by atoms with E-state index in [0.29, 0.717) is 27.6 Å². The third-order valence-electron chi connectivity index (χ3n) is 2.07. The van der Waals surface area contributed by atoms with Crippen molar-refractivity contribution in [2.24, 2.45) is 4.99 Å². The molecule has 0 spiro atoms. The van der Waals surface area contributed by atoms with Gasteiger partial charge in [0.15, 0.2) is 5.49 Å². The number of aromatic nitrogens is 4. The molecule has 18 heavy (non-hydrogen) atoms. The van der Waals surface area contributed by atoms with Gasteiger partial charge in [-0.2, -0.15) is 0 Å². The van der Waals surface area contributed by atoms with E-state index in [0.717, 1.165) is 0 Å². The van der Waals surface area contributed by atoms with Crippen LogP contribution in [0.1, 0.15) is 5.82 Å². The Hall–Kier alpha value is -1.53. The highest BCUT2D eigenvalue weighted by molar-refractivity contribution is 9.10. The zero-order chi connectivity index (χ0) is 13.0. The normalized spacial score (nSPS) is 11.6. The van der Waals surface area contributed by atoms with Gasteiger partial charge >= 0.3 is 0 Å². The molecule has 0 radical (unpaired) electrons. The minimum Gasteiger partial charge on any atom is -0.321 e. The summed E-state index contributed by atoms with van der Waals surface area (Å²) in [7, 11) is 0. The van der Waals surface area contributed by atoms with Gasteiger partial charge in [-0.1, -0.05) is 18.2 Å². The van der Waals surface area contributed by atoms with Gasteiger partial charge in [-0.3, -0.25) is 0 Å². The van der Waals surface area contributed by atoms with Gasteiger partial charge in [0, 0.05) is 18.6 Å². The standard InChI is InChI=1S/C11H9BrClN5/c1-2-14-11-5-16-8(12)6-18(11)7-10-15-4-3-9(13)17-10/h2-6H,1,7H2. The highest BCUT2D eigenvalue weighted by Crippen LogP contribution is 2.05. The fourth-order valence-electron chi connectivity index (χ4n) is 1.35. The molecular formula is C11H9BrClN5. The van der Waals surface area contributed by atoms with Gasteiger partial charge in [-0.25, -0.2) is 19.9 Å². The van der Waals surface area contributed by atoms with Crippen LogP contribution < -0.4 is 5.49 Å². The molecule has 0 aromatic carbocycles. The SMILES string of the molecule is C=CN=c1cnc(Br)cn1Cc1nccc(Cl)n1. The monoisotopic (exact) mass is 325 g/mol. The average Bonchev–Trinajstić information content (AvgIpc) is 2.33. The van der Waals surface area contributed by atoms with Crippen molar-refractivity contribution >= 4 is 27.5 Å². The summed E-state index contributed by atoms with van der Waals surface area (Å²) < 4.78 is 2.55. The molecule has 2 aromatic heterocycles. The van der Waals surface area contributed by atoms with E-state index in [1.165, 1.54) is 6.20 Å². The van der Waals surface area contributed by atoms with Crippen LogP contribution in [0, 0.1) is 0 Å². The van der Waals surface area contributed by atoms with E-state index in [2.05, 4.69) is 42.5 Å². The molecule has 0 N–H and O–H groups in total. The van der Waals surface area contributed by atoms with E-state index in [9.17, 15) is 0 Å². The molecule has 0 aliphatic rings. The molecule has 2 rings (SSSR count). The first-order valence-electron chi connectivity index (χ1n) is 5.03. The van der Waals surface area contributed by atoms with Gasteiger partial charge in [-0.15, -0.1) is 0 Å². The Kier molecular flexibility index (Phi) is 4.22. The van der Waals surface area contributed by atoms with Crippen LogP contribution >= 0.6 is 27.5 Å². The van der Waals surface area contributed by atoms with E-state index in [1.807, 2.05) is 4.57 Å². The van der Waals surface area contributed by atoms with Gasteiger partial charge in [-0.05, 0) is 22.0 Å². The first kappa shape index (κ1) is 12.9. The van der Waals surface area contributed by atoms with E-state index >= 15 is 0 Å². The third kappa shape index (κ3) is 3.24. The molecule has 2 heterocycles. The maximum atomic E-state index is 5.82. The molecule has 5 nitrogen and oxygen atoms in total. The molecule has 0 aliphatic heterocycles. The van der Waals surface area contributed by atoms with Crippen molar-refractivity contribution in [1.29, 1.82) is 0 Å². The second-order valence-electron chi connectivity index (χ2n) is 3.30. The molecule has 0 atom stereocenters. The first-order valence-corrected chi connectivity index (χ1v) is 6.20. The Bertz CT molecular complexity index is 637. The summed E-state index contributed by atoms with van der Waals surface area (Å²) in [6.45, 7) is 4.02. The van der Waals surface area contributed by atoms with Gasteiger partial charge in [0.25, 0.3) is 0 Å². The van der Waals surface area contributed by atoms with Crippen LogP contribution in [0.2, 0.25) is 5.15 Å². The lowest BCUT2D eigenvalue weighted by atomic mass is 10.5. The highest BCUT2D eigenvalue weighted by atomic mass is 79.9. The molecule has 0 saturated carbocycles. The molecular weight excluding hydrogens is 318 g/mol. The Balaban J connectivity index is 2.42. The summed E-state index contributed by atoms with van der Waals surface area (Å²) in [6.07, 6.45) is 6.51. The van der Waals surface area contributed by atoms with Crippen LogP contribution in [0.5, 0.6) is 0 Å². The maximum Gasteiger partial charge on any atom is 0.151 e. The second kappa shape index (κ2) is 5.88. The summed E-state index contributed by atoms with van der Waals surface area (Å²) in [5.41, 5.74) is 0.664. The number of rotatable bonds is 3. The maximum absolute atomic E-state index is 5.82. The van der Waals surface area contributed by atoms with Gasteiger partial charge in [0.2, 0.25) is 0 Å². The zero-order valence-corrected chi connectivity index (χ0v) is 11.6. The van der Waals surface area contributed by atoms with Gasteiger partial charge in [0.05, 0.1) is 12.7 Å². The molecule has 0 aliphatic carbocycles. The summed E-state index contributed by atoms with van der Waals surface area (Å²) >= 11 is 9.13. The summed E-state index contributed by atoms with van der Waals surface area (Å²) in [4.78, 5) is 16.5. The van der Waals surface area contributed by atoms with Gasteiger partial charge in [0.1, 0.15) is 15.6 Å². The fourth-order valence-corrected chi connectivity index (χ4v) is 1.86. The summed E-state index contributed by atoms with van der Waals surface area (Å²) in [6, 6.07) is 1.63. The Morgan fingerprint density at radius 2 is 2.33 bits per heavy atom. The first-order chi connectivity index (χ1) is 8.69. The van der Waals surface area contributed by atoms with Crippen molar-refractivity contribution < 1.29 is 0 Å². The molecule has 0 unspecified atom stereocenters. The van der Waals surface area contributed by atoms with Crippen molar-refractivity contribution in [3.8, 4) is 0 Å². The molecule has 0 amide bonds. The summed E-state index contributed by atoms with van der Waals surface area (Å²) in [5.74, 6) is 0.603. The number of hydrogen-bond acceptors (Lipinski definition) is 4. The van der Waals surface area contributed by atoms with E-state index < -0.39 is 0 Å². The number of halogens is 2. The number of hydrogen-bond donors (Lipinski definition) is 0. The highest BCUT2D eigenvalue weighted by Gasteiger charge is 2.01. The van der Waals surface area contributed by atoms with Crippen LogP contribution in [-0.4, -0.2) is 19.5 Å². The Morgan fingerprint density at radius 3 is 3.06 bits per heavy atom. The van der Waals surface area contributed by atoms with E-state index in [-0.39, 0.29) is 0 Å². The van der Waals surface area contributed by atoms with Crippen molar-refractivity contribution in [3.63, 3.8) is 0 Å². The van der Waals surface area contributed by atoms with Crippen molar-refractivity contribution in [2.45, 2.75) is 6.54 Å². The Labute approximate surface area is 117 Å². The largest absolute Gasteiger partial charge is 0.321 e. The molecule has 0 bridgehead atoms. The second-order valence-corrected chi connectivity index (χ2v) is 4.50. The molecule has 0 saturated heterocycles. The van der Waals surface area contributed by atoms with Gasteiger partial charge < -0.3 is 4.57 Å². The average molecular weight is 327 g/mol. The van der Waals surface area contributed by atoms with Crippen LogP contribution in [0.4, 0.5) is 0 Å². The minimum atomic E-state index is 0.413. The third-order valence-corrected chi connectivity index (χ3v) is 2.69. The van der Waals surface area contributed by atoms with Crippen molar-refractivity contribution in [1.82, 2.24) is 19.5 Å².